The van der Waals surface area contributed by atoms with Crippen LogP contribution in [0.2, 0.25) is 0 Å². The number of aromatic amines is 2. The van der Waals surface area contributed by atoms with Crippen LogP contribution in [0.1, 0.15) is 57.2 Å². The fourth-order valence-corrected chi connectivity index (χ4v) is 7.10. The van der Waals surface area contributed by atoms with Gasteiger partial charge in [0.2, 0.25) is 0 Å². The van der Waals surface area contributed by atoms with Crippen molar-refractivity contribution in [2.24, 2.45) is 0 Å². The lowest BCUT2D eigenvalue weighted by Crippen LogP contribution is -1.99. The van der Waals surface area contributed by atoms with E-state index in [4.69, 9.17) is 9.97 Å². The van der Waals surface area contributed by atoms with E-state index in [1.807, 2.05) is 0 Å². The molecular weight excluding hydrogens is 548 g/mol. The Hall–Kier alpha value is -5.74. The number of nitrogens with zero attached hydrogens (tertiary/aromatic N) is 2. The van der Waals surface area contributed by atoms with Gasteiger partial charge in [0.1, 0.15) is 0 Å². The first kappa shape index (κ1) is 25.7. The molecule has 8 bridgehead atoms. The standard InChI is InChI=1S/C41H30N4/c1-2-10-26(11-3-1)38-30-18-20-32(42-30)39(27-12-4-5-13-27)34-22-24-36(44-34)41(29-16-8-9-17-29)37-25-23-35(45-37)40(28-14-6-7-15-28)33-21-19-31(38)43-33/h1-25,27-29,42-43H. The summed E-state index contributed by atoms with van der Waals surface area (Å²) < 4.78 is 0. The summed E-state index contributed by atoms with van der Waals surface area (Å²) in [6.07, 6.45) is 34.8. The number of hydrogen-bond acceptors (Lipinski definition) is 2. The third kappa shape index (κ3) is 4.37. The summed E-state index contributed by atoms with van der Waals surface area (Å²) in [5, 5.41) is 0. The molecule has 5 heterocycles. The van der Waals surface area contributed by atoms with Crippen molar-refractivity contribution in [2.45, 2.75) is 17.8 Å². The van der Waals surface area contributed by atoms with E-state index in [2.05, 4.69) is 162 Å². The maximum atomic E-state index is 5.33. The lowest BCUT2D eigenvalue weighted by Gasteiger charge is -2.10. The van der Waals surface area contributed by atoms with Crippen LogP contribution >= 0.6 is 0 Å². The Bertz CT molecular complexity index is 2120. The van der Waals surface area contributed by atoms with Gasteiger partial charge in [0.05, 0.1) is 22.8 Å². The minimum absolute atomic E-state index is 0.107. The SMILES string of the molecule is C1=CC(c2c3nc(c(C4C=CC=C4)c4ccc([nH]4)c(-c4ccccc4)c4ccc([nH]4)c(C4C=CC=C4)c4nc2C=C4)C=C3)C=C1. The lowest BCUT2D eigenvalue weighted by molar-refractivity contribution is 1.03. The summed E-state index contributed by atoms with van der Waals surface area (Å²) in [7, 11) is 0. The van der Waals surface area contributed by atoms with E-state index in [1.54, 1.807) is 0 Å². The zero-order valence-electron chi connectivity index (χ0n) is 24.6. The molecule has 0 fully saturated rings. The van der Waals surface area contributed by atoms with Crippen molar-refractivity contribution < 1.29 is 0 Å². The largest absolute Gasteiger partial charge is 0.355 e. The highest BCUT2D eigenvalue weighted by atomic mass is 14.8. The minimum atomic E-state index is 0.107. The second kappa shape index (κ2) is 10.5. The monoisotopic (exact) mass is 578 g/mol. The predicted octanol–water partition coefficient (Wildman–Crippen LogP) is 9.95. The van der Waals surface area contributed by atoms with E-state index in [9.17, 15) is 0 Å². The third-order valence-corrected chi connectivity index (χ3v) is 9.18. The molecule has 2 N–H and O–H groups in total. The van der Waals surface area contributed by atoms with Crippen molar-refractivity contribution in [3.8, 4) is 11.1 Å². The Morgan fingerprint density at radius 2 is 0.778 bits per heavy atom. The van der Waals surface area contributed by atoms with E-state index in [0.29, 0.717) is 0 Å². The topological polar surface area (TPSA) is 57.4 Å². The van der Waals surface area contributed by atoms with Crippen LogP contribution in [-0.2, 0) is 0 Å². The molecular formula is C41H30N4. The summed E-state index contributed by atoms with van der Waals surface area (Å²) in [5.41, 5.74) is 13.8. The minimum Gasteiger partial charge on any atom is -0.355 e. The van der Waals surface area contributed by atoms with Crippen molar-refractivity contribution in [3.63, 3.8) is 0 Å². The van der Waals surface area contributed by atoms with E-state index >= 15 is 0 Å². The molecule has 3 aliphatic carbocycles. The quantitative estimate of drug-likeness (QED) is 0.219. The van der Waals surface area contributed by atoms with Crippen molar-refractivity contribution in [1.29, 1.82) is 0 Å². The molecule has 0 saturated carbocycles. The molecule has 0 amide bonds. The Kier molecular flexibility index (Phi) is 5.98. The van der Waals surface area contributed by atoms with Gasteiger partial charge in [-0.2, -0.15) is 0 Å². The van der Waals surface area contributed by atoms with Gasteiger partial charge in [0.15, 0.2) is 0 Å². The van der Waals surface area contributed by atoms with Gasteiger partial charge in [-0.05, 0) is 54.1 Å². The number of hydrogen-bond donors (Lipinski definition) is 2. The average Bonchev–Trinajstić information content (AvgIpc) is 3.92. The third-order valence-electron chi connectivity index (χ3n) is 9.18. The molecule has 0 spiro atoms. The molecule has 214 valence electrons. The fourth-order valence-electron chi connectivity index (χ4n) is 7.10. The molecule has 0 unspecified atom stereocenters. The molecule has 4 heteroatoms. The van der Waals surface area contributed by atoms with Gasteiger partial charge in [-0.1, -0.05) is 103 Å². The molecule has 4 aromatic rings. The number of rotatable bonds is 4. The normalized spacial score (nSPS) is 16.8. The summed E-state index contributed by atoms with van der Waals surface area (Å²) in [6, 6.07) is 19.4. The zero-order valence-corrected chi connectivity index (χ0v) is 24.6. The Balaban J connectivity index is 1.45. The molecule has 1 aromatic carbocycles. The Morgan fingerprint density at radius 3 is 1.22 bits per heavy atom. The number of H-pyrrole nitrogens is 2. The highest BCUT2D eigenvalue weighted by Crippen LogP contribution is 2.38. The van der Waals surface area contributed by atoms with Gasteiger partial charge in [-0.3, -0.25) is 0 Å². The first-order valence-corrected chi connectivity index (χ1v) is 15.6. The summed E-state index contributed by atoms with van der Waals surface area (Å²) in [4.78, 5) is 18.3. The van der Waals surface area contributed by atoms with Gasteiger partial charge in [-0.15, -0.1) is 0 Å². The molecule has 5 aliphatic rings. The van der Waals surface area contributed by atoms with E-state index in [-0.39, 0.29) is 17.8 Å². The van der Waals surface area contributed by atoms with Crippen molar-refractivity contribution in [3.05, 3.63) is 167 Å². The molecule has 0 radical (unpaired) electrons. The van der Waals surface area contributed by atoms with Crippen LogP contribution in [0, 0.1) is 0 Å². The van der Waals surface area contributed by atoms with E-state index in [0.717, 1.165) is 72.7 Å². The summed E-state index contributed by atoms with van der Waals surface area (Å²) >= 11 is 0. The van der Waals surface area contributed by atoms with Crippen LogP contribution in [0.25, 0.3) is 57.5 Å². The van der Waals surface area contributed by atoms with Gasteiger partial charge in [0, 0.05) is 62.1 Å². The number of benzene rings is 1. The predicted molar refractivity (Wildman–Crippen MR) is 187 cm³/mol. The Labute approximate surface area is 261 Å². The number of nitrogens with one attached hydrogen (secondary N) is 2. The van der Waals surface area contributed by atoms with E-state index in [1.165, 1.54) is 0 Å². The van der Waals surface area contributed by atoms with Crippen LogP contribution < -0.4 is 0 Å². The van der Waals surface area contributed by atoms with Gasteiger partial charge >= 0.3 is 0 Å². The zero-order chi connectivity index (χ0) is 29.7. The lowest BCUT2D eigenvalue weighted by atomic mass is 9.97. The maximum Gasteiger partial charge on any atom is 0.0700 e. The number of aromatic nitrogens is 4. The fraction of sp³-hybridized carbons (Fsp3) is 0.0732. The smallest absolute Gasteiger partial charge is 0.0700 e. The van der Waals surface area contributed by atoms with Crippen molar-refractivity contribution in [1.82, 2.24) is 19.9 Å². The number of allylic oxidation sites excluding steroid dienone is 12. The van der Waals surface area contributed by atoms with Crippen LogP contribution in [0.3, 0.4) is 0 Å². The second-order valence-corrected chi connectivity index (χ2v) is 11.9. The molecule has 0 saturated heterocycles. The van der Waals surface area contributed by atoms with Crippen LogP contribution in [-0.4, -0.2) is 19.9 Å². The summed E-state index contributed by atoms with van der Waals surface area (Å²) in [5.74, 6) is 0.355. The van der Waals surface area contributed by atoms with Crippen molar-refractivity contribution in [2.75, 3.05) is 0 Å². The second-order valence-electron chi connectivity index (χ2n) is 11.9. The molecule has 9 rings (SSSR count). The van der Waals surface area contributed by atoms with E-state index < -0.39 is 0 Å². The van der Waals surface area contributed by atoms with Crippen molar-refractivity contribution >= 4 is 46.4 Å². The number of fused-ring (bicyclic) bond motifs is 8. The molecule has 2 aliphatic heterocycles. The maximum absolute atomic E-state index is 5.33. The first-order chi connectivity index (χ1) is 22.3. The van der Waals surface area contributed by atoms with Crippen LogP contribution in [0.15, 0.2) is 128 Å². The Morgan fingerprint density at radius 1 is 0.400 bits per heavy atom. The molecule has 3 aromatic heterocycles. The van der Waals surface area contributed by atoms with Gasteiger partial charge in [-0.25, -0.2) is 9.97 Å². The average molecular weight is 579 g/mol. The molecule has 0 atom stereocenters. The molecule has 45 heavy (non-hydrogen) atoms. The summed E-state index contributed by atoms with van der Waals surface area (Å²) in [6.45, 7) is 0. The first-order valence-electron chi connectivity index (χ1n) is 15.6. The van der Waals surface area contributed by atoms with Crippen LogP contribution in [0.4, 0.5) is 0 Å². The van der Waals surface area contributed by atoms with Gasteiger partial charge in [0.25, 0.3) is 0 Å². The van der Waals surface area contributed by atoms with Gasteiger partial charge < -0.3 is 9.97 Å². The highest BCUT2D eigenvalue weighted by molar-refractivity contribution is 5.95. The van der Waals surface area contributed by atoms with Crippen LogP contribution in [0.5, 0.6) is 0 Å². The molecule has 4 nitrogen and oxygen atoms in total. The highest BCUT2D eigenvalue weighted by Gasteiger charge is 2.24.